The molecular weight excluding hydrogens is 160 g/mol. The van der Waals surface area contributed by atoms with Gasteiger partial charge in [0.25, 0.3) is 0 Å². The Morgan fingerprint density at radius 1 is 1.33 bits per heavy atom. The van der Waals surface area contributed by atoms with Crippen molar-refractivity contribution in [2.45, 2.75) is 33.1 Å². The van der Waals surface area contributed by atoms with Gasteiger partial charge in [-0.05, 0) is 26.4 Å². The molecule has 0 aromatic carbocycles. The quantitative estimate of drug-likeness (QED) is 0.598. The lowest BCUT2D eigenvalue weighted by molar-refractivity contribution is 0.0349. The molecule has 1 heterocycles. The van der Waals surface area contributed by atoms with Crippen LogP contribution in [0.3, 0.4) is 0 Å². The molecule has 0 aliphatic carbocycles. The van der Waals surface area contributed by atoms with Crippen LogP contribution in [0, 0.1) is 5.92 Å². The van der Waals surface area contributed by atoms with Crippen molar-refractivity contribution < 1.29 is 8.78 Å². The van der Waals surface area contributed by atoms with Gasteiger partial charge in [-0.15, -0.1) is 0 Å². The van der Waals surface area contributed by atoms with Gasteiger partial charge in [-0.2, -0.15) is 0 Å². The largest absolute Gasteiger partial charge is 0.306 e. The summed E-state index contributed by atoms with van der Waals surface area (Å²) in [6.07, 6.45) is -0.504. The van der Waals surface area contributed by atoms with Crippen LogP contribution in [-0.4, -0.2) is 31.5 Å². The summed E-state index contributed by atoms with van der Waals surface area (Å²) < 4.78 is 24.1. The van der Waals surface area contributed by atoms with E-state index < -0.39 is 6.43 Å². The second-order valence-corrected chi connectivity index (χ2v) is 3.00. The zero-order chi connectivity index (χ0) is 9.56. The lowest BCUT2D eigenvalue weighted by atomic mass is 9.99. The first kappa shape index (κ1) is 11.8. The highest BCUT2D eigenvalue weighted by Crippen LogP contribution is 2.21. The van der Waals surface area contributed by atoms with Crippen LogP contribution < -0.4 is 0 Å². The molecule has 1 saturated heterocycles. The molecule has 1 nitrogen and oxygen atoms in total. The molecule has 0 bridgehead atoms. The summed E-state index contributed by atoms with van der Waals surface area (Å²) in [6, 6.07) is 0. The SMILES string of the molecule is CC.CN1CCCC(C(F)F)C1. The first-order valence-corrected chi connectivity index (χ1v) is 4.67. The van der Waals surface area contributed by atoms with Crippen molar-refractivity contribution in [1.82, 2.24) is 4.90 Å². The summed E-state index contributed by atoms with van der Waals surface area (Å²) in [5.41, 5.74) is 0. The van der Waals surface area contributed by atoms with Crippen molar-refractivity contribution in [2.75, 3.05) is 20.1 Å². The fraction of sp³-hybridized carbons (Fsp3) is 1.00. The number of alkyl halides is 2. The summed E-state index contributed by atoms with van der Waals surface area (Å²) in [5, 5.41) is 0. The van der Waals surface area contributed by atoms with Gasteiger partial charge < -0.3 is 4.90 Å². The Morgan fingerprint density at radius 2 is 1.92 bits per heavy atom. The first-order chi connectivity index (χ1) is 5.70. The monoisotopic (exact) mass is 179 g/mol. The van der Waals surface area contributed by atoms with Gasteiger partial charge in [-0.25, -0.2) is 8.78 Å². The second-order valence-electron chi connectivity index (χ2n) is 3.00. The minimum Gasteiger partial charge on any atom is -0.306 e. The van der Waals surface area contributed by atoms with E-state index in [1.807, 2.05) is 25.8 Å². The molecule has 74 valence electrons. The van der Waals surface area contributed by atoms with Crippen LogP contribution in [0.2, 0.25) is 0 Å². The maximum atomic E-state index is 12.1. The van der Waals surface area contributed by atoms with Crippen molar-refractivity contribution in [3.05, 3.63) is 0 Å². The lowest BCUT2D eigenvalue weighted by Gasteiger charge is -2.28. The van der Waals surface area contributed by atoms with Crippen molar-refractivity contribution in [1.29, 1.82) is 0 Å². The van der Waals surface area contributed by atoms with Crippen molar-refractivity contribution in [2.24, 2.45) is 5.92 Å². The third kappa shape index (κ3) is 4.00. The van der Waals surface area contributed by atoms with Crippen LogP contribution in [0.15, 0.2) is 0 Å². The van der Waals surface area contributed by atoms with Gasteiger partial charge in [0, 0.05) is 12.5 Å². The van der Waals surface area contributed by atoms with Crippen molar-refractivity contribution >= 4 is 0 Å². The number of hydrogen-bond acceptors (Lipinski definition) is 1. The maximum absolute atomic E-state index is 12.1. The fourth-order valence-corrected chi connectivity index (χ4v) is 1.41. The minimum absolute atomic E-state index is 0.376. The predicted molar refractivity (Wildman–Crippen MR) is 47.6 cm³/mol. The molecular formula is C9H19F2N. The van der Waals surface area contributed by atoms with Crippen molar-refractivity contribution in [3.8, 4) is 0 Å². The molecule has 1 fully saturated rings. The third-order valence-electron chi connectivity index (χ3n) is 2.02. The molecule has 1 aliphatic heterocycles. The normalized spacial score (nSPS) is 25.0. The highest BCUT2D eigenvalue weighted by molar-refractivity contribution is 4.71. The molecule has 1 unspecified atom stereocenters. The highest BCUT2D eigenvalue weighted by Gasteiger charge is 2.24. The van der Waals surface area contributed by atoms with Crippen molar-refractivity contribution in [3.63, 3.8) is 0 Å². The van der Waals surface area contributed by atoms with Gasteiger partial charge in [0.15, 0.2) is 0 Å². The van der Waals surface area contributed by atoms with Crippen LogP contribution in [0.25, 0.3) is 0 Å². The predicted octanol–water partition coefficient (Wildman–Crippen LogP) is 2.62. The van der Waals surface area contributed by atoms with E-state index in [1.54, 1.807) is 0 Å². The molecule has 1 atom stereocenters. The Bertz CT molecular complexity index is 107. The molecule has 0 aromatic heterocycles. The smallest absolute Gasteiger partial charge is 0.242 e. The molecule has 0 aromatic rings. The lowest BCUT2D eigenvalue weighted by Crippen LogP contribution is -2.35. The summed E-state index contributed by atoms with van der Waals surface area (Å²) in [6.45, 7) is 5.54. The number of hydrogen-bond donors (Lipinski definition) is 0. The van der Waals surface area contributed by atoms with E-state index in [1.165, 1.54) is 0 Å². The Kier molecular flexibility index (Phi) is 6.25. The molecule has 12 heavy (non-hydrogen) atoms. The van der Waals surface area contributed by atoms with E-state index in [0.717, 1.165) is 13.0 Å². The Balaban J connectivity index is 0.000000561. The standard InChI is InChI=1S/C7H13F2N.C2H6/c1-10-4-2-3-6(5-10)7(8)9;1-2/h6-7H,2-5H2,1H3;1-2H3. The van der Waals surface area contributed by atoms with Crippen LogP contribution in [-0.2, 0) is 0 Å². The summed E-state index contributed by atoms with van der Waals surface area (Å²) in [4.78, 5) is 1.97. The zero-order valence-electron chi connectivity index (χ0n) is 8.19. The summed E-state index contributed by atoms with van der Waals surface area (Å²) >= 11 is 0. The number of nitrogens with zero attached hydrogens (tertiary/aromatic N) is 1. The number of likely N-dealkylation sites (tertiary alicyclic amines) is 1. The summed E-state index contributed by atoms with van der Waals surface area (Å²) in [5.74, 6) is -0.376. The van der Waals surface area contributed by atoms with E-state index in [-0.39, 0.29) is 5.92 Å². The van der Waals surface area contributed by atoms with Gasteiger partial charge >= 0.3 is 0 Å². The zero-order valence-corrected chi connectivity index (χ0v) is 8.19. The molecule has 0 radical (unpaired) electrons. The summed E-state index contributed by atoms with van der Waals surface area (Å²) in [7, 11) is 1.90. The molecule has 0 spiro atoms. The van der Waals surface area contributed by atoms with Crippen LogP contribution in [0.1, 0.15) is 26.7 Å². The average molecular weight is 179 g/mol. The third-order valence-corrected chi connectivity index (χ3v) is 2.02. The van der Waals surface area contributed by atoms with Gasteiger partial charge in [-0.1, -0.05) is 13.8 Å². The van der Waals surface area contributed by atoms with E-state index in [0.29, 0.717) is 13.0 Å². The maximum Gasteiger partial charge on any atom is 0.242 e. The Hall–Kier alpha value is -0.180. The Labute approximate surface area is 73.7 Å². The molecule has 0 amide bonds. The van der Waals surface area contributed by atoms with Gasteiger partial charge in [0.1, 0.15) is 0 Å². The van der Waals surface area contributed by atoms with E-state index in [4.69, 9.17) is 0 Å². The molecule has 1 rings (SSSR count). The molecule has 0 saturated carbocycles. The fourth-order valence-electron chi connectivity index (χ4n) is 1.41. The topological polar surface area (TPSA) is 3.24 Å². The molecule has 3 heteroatoms. The number of halogens is 2. The molecule has 0 N–H and O–H groups in total. The van der Waals surface area contributed by atoms with Gasteiger partial charge in [0.05, 0.1) is 0 Å². The highest BCUT2D eigenvalue weighted by atomic mass is 19.3. The van der Waals surface area contributed by atoms with E-state index in [2.05, 4.69) is 0 Å². The van der Waals surface area contributed by atoms with Crippen LogP contribution in [0.5, 0.6) is 0 Å². The van der Waals surface area contributed by atoms with Crippen LogP contribution in [0.4, 0.5) is 8.78 Å². The van der Waals surface area contributed by atoms with Crippen LogP contribution >= 0.6 is 0 Å². The number of piperidine rings is 1. The van der Waals surface area contributed by atoms with E-state index >= 15 is 0 Å². The van der Waals surface area contributed by atoms with Gasteiger partial charge in [0.2, 0.25) is 6.43 Å². The first-order valence-electron chi connectivity index (χ1n) is 4.67. The van der Waals surface area contributed by atoms with E-state index in [9.17, 15) is 8.78 Å². The minimum atomic E-state index is -2.12. The average Bonchev–Trinajstić information content (AvgIpc) is 2.08. The number of rotatable bonds is 1. The Morgan fingerprint density at radius 3 is 2.25 bits per heavy atom. The molecule has 1 aliphatic rings. The second kappa shape index (κ2) is 6.35. The van der Waals surface area contributed by atoms with Gasteiger partial charge in [-0.3, -0.25) is 0 Å².